The Morgan fingerprint density at radius 1 is 1.38 bits per heavy atom. The van der Waals surface area contributed by atoms with Crippen molar-refractivity contribution in [2.75, 3.05) is 0 Å². The predicted molar refractivity (Wildman–Crippen MR) is 52.8 cm³/mol. The molecule has 0 saturated heterocycles. The fourth-order valence-corrected chi connectivity index (χ4v) is 2.22. The molecule has 0 aliphatic rings. The molecule has 0 radical (unpaired) electrons. The Labute approximate surface area is 79.4 Å². The second kappa shape index (κ2) is 3.28. The number of thiophene rings is 1. The number of fused-ring (bicyclic) bond motifs is 1. The van der Waals surface area contributed by atoms with Crippen LogP contribution in [-0.2, 0) is 4.79 Å². The molecular weight excluding hydrogens is 184 g/mol. The minimum absolute atomic E-state index is 0.546. The molecule has 0 amide bonds. The van der Waals surface area contributed by atoms with E-state index in [-0.39, 0.29) is 0 Å². The molecule has 0 spiro atoms. The van der Waals surface area contributed by atoms with Gasteiger partial charge >= 0.3 is 0 Å². The summed E-state index contributed by atoms with van der Waals surface area (Å²) in [6, 6.07) is 9.66. The molecule has 1 aromatic carbocycles. The van der Waals surface area contributed by atoms with Gasteiger partial charge in [-0.25, -0.2) is 0 Å². The van der Waals surface area contributed by atoms with E-state index >= 15 is 0 Å². The van der Waals surface area contributed by atoms with E-state index in [9.17, 15) is 9.90 Å². The normalized spacial score (nSPS) is 13.0. The van der Waals surface area contributed by atoms with Gasteiger partial charge in [-0.05, 0) is 17.5 Å². The number of hydrogen-bond acceptors (Lipinski definition) is 3. The van der Waals surface area contributed by atoms with Crippen LogP contribution in [0.2, 0.25) is 0 Å². The van der Waals surface area contributed by atoms with Crippen molar-refractivity contribution in [2.45, 2.75) is 6.10 Å². The fraction of sp³-hybridized carbons (Fsp3) is 0.100. The molecule has 0 aliphatic heterocycles. The number of hydrogen-bond donors (Lipinski definition) is 1. The van der Waals surface area contributed by atoms with Crippen molar-refractivity contribution in [3.8, 4) is 0 Å². The second-order valence-electron chi connectivity index (χ2n) is 2.77. The van der Waals surface area contributed by atoms with Crippen LogP contribution < -0.4 is 0 Å². The molecule has 1 unspecified atom stereocenters. The Hall–Kier alpha value is -1.19. The smallest absolute Gasteiger partial charge is 0.153 e. The SMILES string of the molecule is O=CC(O)c1cc2ccccc2s1. The van der Waals surface area contributed by atoms with E-state index in [2.05, 4.69) is 0 Å². The van der Waals surface area contributed by atoms with Crippen LogP contribution in [-0.4, -0.2) is 11.4 Å². The predicted octanol–water partition coefficient (Wildman–Crippen LogP) is 2.13. The van der Waals surface area contributed by atoms with Gasteiger partial charge in [0.2, 0.25) is 0 Å². The summed E-state index contributed by atoms with van der Waals surface area (Å²) >= 11 is 1.45. The first-order valence-corrected chi connectivity index (χ1v) is 4.75. The molecule has 1 heterocycles. The third-order valence-corrected chi connectivity index (χ3v) is 3.05. The van der Waals surface area contributed by atoms with Gasteiger partial charge in [-0.15, -0.1) is 11.3 Å². The number of carbonyl (C=O) groups is 1. The second-order valence-corrected chi connectivity index (χ2v) is 3.88. The van der Waals surface area contributed by atoms with Crippen LogP contribution in [0.25, 0.3) is 10.1 Å². The monoisotopic (exact) mass is 192 g/mol. The van der Waals surface area contributed by atoms with E-state index in [4.69, 9.17) is 0 Å². The lowest BCUT2D eigenvalue weighted by molar-refractivity contribution is -0.114. The number of aliphatic hydroxyl groups is 1. The molecule has 1 N–H and O–H groups in total. The van der Waals surface area contributed by atoms with E-state index in [1.807, 2.05) is 30.3 Å². The Morgan fingerprint density at radius 3 is 2.85 bits per heavy atom. The maximum Gasteiger partial charge on any atom is 0.153 e. The first-order chi connectivity index (χ1) is 6.31. The molecule has 1 atom stereocenters. The highest BCUT2D eigenvalue weighted by Gasteiger charge is 2.08. The zero-order chi connectivity index (χ0) is 9.26. The van der Waals surface area contributed by atoms with Gasteiger partial charge in [0.15, 0.2) is 6.29 Å². The first-order valence-electron chi connectivity index (χ1n) is 3.93. The summed E-state index contributed by atoms with van der Waals surface area (Å²) in [4.78, 5) is 11.0. The molecule has 1 aromatic heterocycles. The molecule has 0 aliphatic carbocycles. The summed E-state index contributed by atoms with van der Waals surface area (Å²) in [7, 11) is 0. The molecule has 2 nitrogen and oxygen atoms in total. The van der Waals surface area contributed by atoms with Crippen molar-refractivity contribution < 1.29 is 9.90 Å². The summed E-state index contributed by atoms with van der Waals surface area (Å²) in [5, 5.41) is 10.3. The topological polar surface area (TPSA) is 37.3 Å². The van der Waals surface area contributed by atoms with Crippen LogP contribution in [0.15, 0.2) is 30.3 Å². The van der Waals surface area contributed by atoms with Gasteiger partial charge in [-0.3, -0.25) is 0 Å². The van der Waals surface area contributed by atoms with Crippen molar-refractivity contribution in [3.05, 3.63) is 35.2 Å². The molecule has 3 heteroatoms. The van der Waals surface area contributed by atoms with Crippen molar-refractivity contribution in [3.63, 3.8) is 0 Å². The number of aliphatic hydroxyl groups excluding tert-OH is 1. The van der Waals surface area contributed by atoms with Gasteiger partial charge in [0.05, 0.1) is 0 Å². The van der Waals surface area contributed by atoms with Gasteiger partial charge in [-0.1, -0.05) is 18.2 Å². The van der Waals surface area contributed by atoms with Crippen molar-refractivity contribution in [1.29, 1.82) is 0 Å². The van der Waals surface area contributed by atoms with Crippen LogP contribution in [0.3, 0.4) is 0 Å². The first kappa shape index (κ1) is 8.41. The van der Waals surface area contributed by atoms with Crippen molar-refractivity contribution in [2.24, 2.45) is 0 Å². The highest BCUT2D eigenvalue weighted by atomic mass is 32.1. The van der Waals surface area contributed by atoms with Gasteiger partial charge in [-0.2, -0.15) is 0 Å². The molecular formula is C10H8O2S. The summed E-state index contributed by atoms with van der Waals surface area (Å²) in [5.41, 5.74) is 0. The standard InChI is InChI=1S/C10H8O2S/c11-6-8(12)10-5-7-3-1-2-4-9(7)13-10/h1-6,8,12H. The quantitative estimate of drug-likeness (QED) is 0.740. The zero-order valence-electron chi connectivity index (χ0n) is 6.81. The average molecular weight is 192 g/mol. The maximum absolute atomic E-state index is 10.3. The van der Waals surface area contributed by atoms with Gasteiger partial charge in [0.1, 0.15) is 6.10 Å². The summed E-state index contributed by atoms with van der Waals surface area (Å²) in [6.07, 6.45) is -0.428. The van der Waals surface area contributed by atoms with Gasteiger partial charge < -0.3 is 9.90 Å². The molecule has 13 heavy (non-hydrogen) atoms. The highest BCUT2D eigenvalue weighted by Crippen LogP contribution is 2.28. The summed E-state index contributed by atoms with van der Waals surface area (Å²) in [6.45, 7) is 0. The van der Waals surface area contributed by atoms with E-state index in [0.717, 1.165) is 10.1 Å². The van der Waals surface area contributed by atoms with Crippen LogP contribution in [0.4, 0.5) is 0 Å². The van der Waals surface area contributed by atoms with Crippen molar-refractivity contribution >= 4 is 27.7 Å². The summed E-state index contributed by atoms with van der Waals surface area (Å²) < 4.78 is 1.10. The Balaban J connectivity index is 2.55. The Bertz CT molecular complexity index is 400. The molecule has 0 bridgehead atoms. The number of rotatable bonds is 2. The Morgan fingerprint density at radius 2 is 2.15 bits per heavy atom. The van der Waals surface area contributed by atoms with Crippen LogP contribution in [0.1, 0.15) is 11.0 Å². The summed E-state index contributed by atoms with van der Waals surface area (Å²) in [5.74, 6) is 0. The van der Waals surface area contributed by atoms with Crippen LogP contribution in [0, 0.1) is 0 Å². The van der Waals surface area contributed by atoms with E-state index < -0.39 is 6.10 Å². The largest absolute Gasteiger partial charge is 0.380 e. The zero-order valence-corrected chi connectivity index (χ0v) is 7.62. The van der Waals surface area contributed by atoms with Gasteiger partial charge in [0, 0.05) is 9.58 Å². The number of benzene rings is 1. The Kier molecular flexibility index (Phi) is 2.12. The minimum atomic E-state index is -0.975. The van der Waals surface area contributed by atoms with Gasteiger partial charge in [0.25, 0.3) is 0 Å². The van der Waals surface area contributed by atoms with E-state index in [1.54, 1.807) is 0 Å². The third-order valence-electron chi connectivity index (χ3n) is 1.86. The fourth-order valence-electron chi connectivity index (χ4n) is 1.22. The van der Waals surface area contributed by atoms with Crippen LogP contribution in [0.5, 0.6) is 0 Å². The molecule has 2 aromatic rings. The van der Waals surface area contributed by atoms with E-state index in [1.165, 1.54) is 11.3 Å². The van der Waals surface area contributed by atoms with Crippen molar-refractivity contribution in [1.82, 2.24) is 0 Å². The molecule has 0 fully saturated rings. The molecule has 2 rings (SSSR count). The third kappa shape index (κ3) is 1.48. The minimum Gasteiger partial charge on any atom is -0.380 e. The number of aldehydes is 1. The molecule has 66 valence electrons. The number of carbonyl (C=O) groups excluding carboxylic acids is 1. The van der Waals surface area contributed by atoms with Crippen LogP contribution >= 0.6 is 11.3 Å². The average Bonchev–Trinajstić information content (AvgIpc) is 2.59. The lowest BCUT2D eigenvalue weighted by atomic mass is 10.2. The van der Waals surface area contributed by atoms with E-state index in [0.29, 0.717) is 11.2 Å². The lowest BCUT2D eigenvalue weighted by Gasteiger charge is -1.94. The maximum atomic E-state index is 10.3. The lowest BCUT2D eigenvalue weighted by Crippen LogP contribution is -1.93. The highest BCUT2D eigenvalue weighted by molar-refractivity contribution is 7.19. The molecule has 0 saturated carbocycles.